The topological polar surface area (TPSA) is 40.5 Å². The number of rotatable bonds is 0. The predicted octanol–water partition coefficient (Wildman–Crippen LogP) is 1.62. The molecule has 1 aliphatic heterocycles. The van der Waals surface area contributed by atoms with E-state index in [0.717, 1.165) is 0 Å². The lowest BCUT2D eigenvalue weighted by molar-refractivity contribution is -0.116. The second kappa shape index (κ2) is 3.62. The third-order valence-electron chi connectivity index (χ3n) is 2.65. The minimum Gasteiger partial charge on any atom is -0.388 e. The van der Waals surface area contributed by atoms with Gasteiger partial charge in [-0.05, 0) is 24.6 Å². The van der Waals surface area contributed by atoms with Crippen molar-refractivity contribution in [2.45, 2.75) is 19.4 Å². The van der Waals surface area contributed by atoms with Gasteiger partial charge in [-0.1, -0.05) is 0 Å². The minimum atomic E-state index is -0.675. The Balaban J connectivity index is 2.50. The van der Waals surface area contributed by atoms with Crippen molar-refractivity contribution >= 4 is 11.6 Å². The molecule has 0 aliphatic carbocycles. The van der Waals surface area contributed by atoms with Gasteiger partial charge in [-0.3, -0.25) is 4.79 Å². The largest absolute Gasteiger partial charge is 0.388 e. The third-order valence-corrected chi connectivity index (χ3v) is 2.65. The zero-order valence-corrected chi connectivity index (χ0v) is 8.40. The van der Waals surface area contributed by atoms with Gasteiger partial charge >= 0.3 is 0 Å². The molecule has 4 heteroatoms. The van der Waals surface area contributed by atoms with Crippen LogP contribution in [0.3, 0.4) is 0 Å². The Morgan fingerprint density at radius 2 is 2.33 bits per heavy atom. The van der Waals surface area contributed by atoms with Gasteiger partial charge in [0, 0.05) is 24.7 Å². The lowest BCUT2D eigenvalue weighted by atomic mass is 9.99. The maximum absolute atomic E-state index is 13.0. The number of anilines is 1. The molecule has 15 heavy (non-hydrogen) atoms. The highest BCUT2D eigenvalue weighted by Gasteiger charge is 2.25. The van der Waals surface area contributed by atoms with E-state index in [9.17, 15) is 14.3 Å². The van der Waals surface area contributed by atoms with Crippen LogP contribution in [0.15, 0.2) is 18.2 Å². The second-order valence-corrected chi connectivity index (χ2v) is 3.68. The molecule has 1 N–H and O–H groups in total. The molecule has 3 nitrogen and oxygen atoms in total. The predicted molar refractivity (Wildman–Crippen MR) is 54.0 cm³/mol. The lowest BCUT2D eigenvalue weighted by Crippen LogP contribution is -2.35. The van der Waals surface area contributed by atoms with Crippen molar-refractivity contribution in [3.05, 3.63) is 29.6 Å². The molecule has 1 atom stereocenters. The third kappa shape index (κ3) is 1.72. The summed E-state index contributed by atoms with van der Waals surface area (Å²) in [5.74, 6) is -0.479. The maximum Gasteiger partial charge on any atom is 0.223 e. The summed E-state index contributed by atoms with van der Waals surface area (Å²) in [7, 11) is 0. The molecule has 0 bridgehead atoms. The number of hydrogen-bond acceptors (Lipinski definition) is 2. The first kappa shape index (κ1) is 10.1. The molecule has 0 radical (unpaired) electrons. The number of amides is 1. The minimum absolute atomic E-state index is 0.0882. The summed E-state index contributed by atoms with van der Waals surface area (Å²) in [5.41, 5.74) is 1.11. The molecule has 1 unspecified atom stereocenters. The van der Waals surface area contributed by atoms with Gasteiger partial charge in [0.15, 0.2) is 0 Å². The maximum atomic E-state index is 13.0. The first-order chi connectivity index (χ1) is 7.09. The molecule has 0 saturated carbocycles. The molecule has 1 aliphatic rings. The van der Waals surface area contributed by atoms with Crippen molar-refractivity contribution in [3.8, 4) is 0 Å². The summed E-state index contributed by atoms with van der Waals surface area (Å²) in [6.07, 6.45) is -0.220. The van der Waals surface area contributed by atoms with Crippen molar-refractivity contribution in [2.24, 2.45) is 0 Å². The zero-order chi connectivity index (χ0) is 11.0. The monoisotopic (exact) mass is 209 g/mol. The second-order valence-electron chi connectivity index (χ2n) is 3.68. The lowest BCUT2D eigenvalue weighted by Gasteiger charge is -2.31. The first-order valence-electron chi connectivity index (χ1n) is 4.85. The molecular formula is C11H12FNO2. The van der Waals surface area contributed by atoms with Crippen LogP contribution in [0, 0.1) is 5.82 Å². The van der Waals surface area contributed by atoms with Crippen LogP contribution in [0.25, 0.3) is 0 Å². The molecule has 0 aromatic heterocycles. The van der Waals surface area contributed by atoms with Crippen LogP contribution >= 0.6 is 0 Å². The van der Waals surface area contributed by atoms with Crippen LogP contribution in [0.2, 0.25) is 0 Å². The standard InChI is InChI=1S/C11H12FNO2/c1-7(14)13-5-4-11(15)9-6-8(12)2-3-10(9)13/h2-3,6,11,15H,4-5H2,1H3. The average molecular weight is 209 g/mol. The quantitative estimate of drug-likeness (QED) is 0.705. The Labute approximate surface area is 87.1 Å². The zero-order valence-electron chi connectivity index (χ0n) is 8.40. The number of aliphatic hydroxyl groups is 1. The number of aliphatic hydroxyl groups excluding tert-OH is 1. The number of carbonyl (C=O) groups excluding carboxylic acids is 1. The van der Waals surface area contributed by atoms with Gasteiger partial charge in [0.05, 0.1) is 6.10 Å². The van der Waals surface area contributed by atoms with Gasteiger partial charge in [0.2, 0.25) is 5.91 Å². The van der Waals surface area contributed by atoms with Gasteiger partial charge in [-0.15, -0.1) is 0 Å². The molecule has 1 amide bonds. The summed E-state index contributed by atoms with van der Waals surface area (Å²) in [6, 6.07) is 4.12. The van der Waals surface area contributed by atoms with E-state index in [-0.39, 0.29) is 5.91 Å². The van der Waals surface area contributed by atoms with Crippen molar-refractivity contribution in [1.82, 2.24) is 0 Å². The molecule has 0 spiro atoms. The van der Waals surface area contributed by atoms with Gasteiger partial charge in [-0.25, -0.2) is 4.39 Å². The van der Waals surface area contributed by atoms with Gasteiger partial charge in [0.1, 0.15) is 5.82 Å². The summed E-state index contributed by atoms with van der Waals surface area (Å²) in [5, 5.41) is 9.68. The summed E-state index contributed by atoms with van der Waals surface area (Å²) in [4.78, 5) is 12.9. The van der Waals surface area contributed by atoms with Crippen molar-refractivity contribution in [2.75, 3.05) is 11.4 Å². The fraction of sp³-hybridized carbons (Fsp3) is 0.364. The van der Waals surface area contributed by atoms with Gasteiger partial charge < -0.3 is 10.0 Å². The van der Waals surface area contributed by atoms with Crippen LogP contribution in [-0.2, 0) is 4.79 Å². The molecule has 0 saturated heterocycles. The summed E-state index contributed by atoms with van der Waals surface area (Å²) < 4.78 is 13.0. The Morgan fingerprint density at radius 1 is 1.60 bits per heavy atom. The van der Waals surface area contributed by atoms with E-state index in [4.69, 9.17) is 0 Å². The smallest absolute Gasteiger partial charge is 0.223 e. The van der Waals surface area contributed by atoms with E-state index >= 15 is 0 Å². The van der Waals surface area contributed by atoms with E-state index in [1.807, 2.05) is 0 Å². The molecule has 0 fully saturated rings. The first-order valence-corrected chi connectivity index (χ1v) is 4.85. The van der Waals surface area contributed by atoms with E-state index in [2.05, 4.69) is 0 Å². The molecule has 1 aromatic carbocycles. The van der Waals surface area contributed by atoms with Crippen molar-refractivity contribution < 1.29 is 14.3 Å². The number of carbonyl (C=O) groups is 1. The van der Waals surface area contributed by atoms with E-state index in [1.54, 1.807) is 4.90 Å². The number of hydrogen-bond donors (Lipinski definition) is 1. The van der Waals surface area contributed by atoms with E-state index < -0.39 is 11.9 Å². The van der Waals surface area contributed by atoms with E-state index in [0.29, 0.717) is 24.2 Å². The van der Waals surface area contributed by atoms with Crippen molar-refractivity contribution in [1.29, 1.82) is 0 Å². The van der Waals surface area contributed by atoms with Crippen molar-refractivity contribution in [3.63, 3.8) is 0 Å². The summed E-state index contributed by atoms with van der Waals surface area (Å²) in [6.45, 7) is 1.94. The Bertz CT molecular complexity index is 406. The van der Waals surface area contributed by atoms with Gasteiger partial charge in [0.25, 0.3) is 0 Å². The van der Waals surface area contributed by atoms with E-state index in [1.165, 1.54) is 25.1 Å². The number of benzene rings is 1. The van der Waals surface area contributed by atoms with Gasteiger partial charge in [-0.2, -0.15) is 0 Å². The SMILES string of the molecule is CC(=O)N1CCC(O)c2cc(F)ccc21. The highest BCUT2D eigenvalue weighted by molar-refractivity contribution is 5.92. The highest BCUT2D eigenvalue weighted by atomic mass is 19.1. The fourth-order valence-corrected chi connectivity index (χ4v) is 1.89. The average Bonchev–Trinajstić information content (AvgIpc) is 2.19. The molecule has 1 aromatic rings. The number of halogens is 1. The molecule has 80 valence electrons. The van der Waals surface area contributed by atoms with Crippen LogP contribution in [0.5, 0.6) is 0 Å². The Hall–Kier alpha value is -1.42. The Morgan fingerprint density at radius 3 is 3.00 bits per heavy atom. The fourth-order valence-electron chi connectivity index (χ4n) is 1.89. The van der Waals surface area contributed by atoms with Crippen LogP contribution in [0.4, 0.5) is 10.1 Å². The molecule has 2 rings (SSSR count). The summed E-state index contributed by atoms with van der Waals surface area (Å²) >= 11 is 0. The molecule has 1 heterocycles. The number of nitrogens with zero attached hydrogens (tertiary/aromatic N) is 1. The molecular weight excluding hydrogens is 197 g/mol. The van der Waals surface area contributed by atoms with Crippen LogP contribution in [0.1, 0.15) is 25.0 Å². The van der Waals surface area contributed by atoms with Crippen LogP contribution < -0.4 is 4.90 Å². The van der Waals surface area contributed by atoms with Crippen LogP contribution in [-0.4, -0.2) is 17.6 Å². The normalized spacial score (nSPS) is 19.9. The highest BCUT2D eigenvalue weighted by Crippen LogP contribution is 2.34. The Kier molecular flexibility index (Phi) is 2.44. The number of fused-ring (bicyclic) bond motifs is 1.